The molecule has 296 valence electrons. The van der Waals surface area contributed by atoms with Crippen LogP contribution in [0.1, 0.15) is 86.0 Å². The summed E-state index contributed by atoms with van der Waals surface area (Å²) < 4.78 is 37.0. The van der Waals surface area contributed by atoms with Crippen LogP contribution in [0.2, 0.25) is 0 Å². The van der Waals surface area contributed by atoms with E-state index < -0.39 is 79.9 Å². The zero-order chi connectivity index (χ0) is 37.1. The molecule has 7 fully saturated rings. The van der Waals surface area contributed by atoms with Gasteiger partial charge in [0.25, 0.3) is 0 Å². The molecule has 22 unspecified atom stereocenters. The van der Waals surface area contributed by atoms with Crippen molar-refractivity contribution in [1.82, 2.24) is 0 Å². The summed E-state index contributed by atoms with van der Waals surface area (Å²) in [5.41, 5.74) is 1.13. The predicted molar refractivity (Wildman–Crippen MR) is 183 cm³/mol. The van der Waals surface area contributed by atoms with Crippen LogP contribution in [-0.4, -0.2) is 134 Å². The van der Waals surface area contributed by atoms with Gasteiger partial charge in [0.05, 0.1) is 37.6 Å². The van der Waals surface area contributed by atoms with Gasteiger partial charge in [0.1, 0.15) is 42.7 Å². The Labute approximate surface area is 306 Å². The molecule has 8 aliphatic rings. The minimum absolute atomic E-state index is 0.0742. The highest BCUT2D eigenvalue weighted by Crippen LogP contribution is 2.70. The molecule has 4 saturated heterocycles. The Balaban J connectivity index is 0.934. The molecule has 8 rings (SSSR count). The fraction of sp³-hybridized carbons (Fsp3) is 0.949. The largest absolute Gasteiger partial charge is 0.394 e. The molecule has 4 heterocycles. The van der Waals surface area contributed by atoms with Crippen LogP contribution in [0.3, 0.4) is 0 Å². The van der Waals surface area contributed by atoms with Gasteiger partial charge in [-0.25, -0.2) is 0 Å². The summed E-state index contributed by atoms with van der Waals surface area (Å²) in [6.07, 6.45) is -5.10. The zero-order valence-electron chi connectivity index (χ0n) is 31.2. The highest BCUT2D eigenvalue weighted by Gasteiger charge is 2.69. The Morgan fingerprint density at radius 1 is 0.808 bits per heavy atom. The minimum atomic E-state index is -1.63. The lowest BCUT2D eigenvalue weighted by molar-refractivity contribution is -0.360. The number of ether oxygens (including phenoxy) is 6. The lowest BCUT2D eigenvalue weighted by Crippen LogP contribution is -2.64. The van der Waals surface area contributed by atoms with E-state index in [-0.39, 0.29) is 29.0 Å². The van der Waals surface area contributed by atoms with Gasteiger partial charge >= 0.3 is 0 Å². The molecule has 0 aromatic heterocycles. The normalized spacial score (nSPS) is 58.9. The van der Waals surface area contributed by atoms with Gasteiger partial charge in [0, 0.05) is 12.3 Å². The number of aliphatic hydroxyl groups is 7. The van der Waals surface area contributed by atoms with E-state index in [1.54, 1.807) is 0 Å². The average molecular weight is 739 g/mol. The van der Waals surface area contributed by atoms with E-state index >= 15 is 0 Å². The molecule has 0 bridgehead atoms. The second-order valence-electron chi connectivity index (χ2n) is 18.4. The van der Waals surface area contributed by atoms with Gasteiger partial charge in [-0.1, -0.05) is 39.3 Å². The summed E-state index contributed by atoms with van der Waals surface area (Å²) in [7, 11) is 0. The van der Waals surface area contributed by atoms with Crippen molar-refractivity contribution in [2.45, 2.75) is 171 Å². The summed E-state index contributed by atoms with van der Waals surface area (Å²) in [6, 6.07) is 0. The van der Waals surface area contributed by atoms with Crippen LogP contribution in [0.4, 0.5) is 0 Å². The van der Waals surface area contributed by atoms with Crippen molar-refractivity contribution < 1.29 is 64.2 Å². The van der Waals surface area contributed by atoms with Crippen LogP contribution >= 0.6 is 0 Å². The van der Waals surface area contributed by atoms with E-state index in [2.05, 4.69) is 33.8 Å². The maximum atomic E-state index is 11.9. The van der Waals surface area contributed by atoms with Crippen molar-refractivity contribution in [2.24, 2.45) is 46.3 Å². The van der Waals surface area contributed by atoms with Crippen LogP contribution < -0.4 is 0 Å². The molecule has 0 aromatic rings. The first kappa shape index (κ1) is 38.1. The first-order chi connectivity index (χ1) is 24.6. The Hall–Kier alpha value is -0.780. The van der Waals surface area contributed by atoms with Crippen molar-refractivity contribution in [3.8, 4) is 0 Å². The average Bonchev–Trinajstić information content (AvgIpc) is 3.56. The third-order valence-electron chi connectivity index (χ3n) is 15.6. The molecule has 52 heavy (non-hydrogen) atoms. The molecule has 3 saturated carbocycles. The number of rotatable bonds is 5. The summed E-state index contributed by atoms with van der Waals surface area (Å²) in [5.74, 6) is 1.65. The molecule has 22 atom stereocenters. The van der Waals surface area contributed by atoms with Gasteiger partial charge < -0.3 is 64.2 Å². The van der Waals surface area contributed by atoms with Gasteiger partial charge in [0.2, 0.25) is 0 Å². The monoisotopic (exact) mass is 738 g/mol. The summed E-state index contributed by atoms with van der Waals surface area (Å²) in [4.78, 5) is 0. The van der Waals surface area contributed by atoms with Crippen molar-refractivity contribution in [1.29, 1.82) is 0 Å². The Kier molecular flexibility index (Phi) is 10.0. The third kappa shape index (κ3) is 5.82. The molecular formula is C39H62O13. The highest BCUT2D eigenvalue weighted by atomic mass is 16.7. The van der Waals surface area contributed by atoms with E-state index in [0.717, 1.165) is 50.7 Å². The second-order valence-corrected chi connectivity index (χ2v) is 18.4. The molecular weight excluding hydrogens is 676 g/mol. The first-order valence-corrected chi connectivity index (χ1v) is 20.0. The lowest BCUT2D eigenvalue weighted by Gasteiger charge is -2.59. The van der Waals surface area contributed by atoms with E-state index in [4.69, 9.17) is 28.4 Å². The van der Waals surface area contributed by atoms with E-state index in [1.165, 1.54) is 6.92 Å². The SMILES string of the molecule is CC1CCC2(OC1)OC1CC3C4C(O)C=C5CC(OC6OC(CO)C(OC7OC(C)C(O)C(O)C7O)C(O)C6O)CCC5(C)C4CCC3(C)C1C2C. The van der Waals surface area contributed by atoms with E-state index in [0.29, 0.717) is 42.4 Å². The molecule has 4 aliphatic carbocycles. The summed E-state index contributed by atoms with van der Waals surface area (Å²) >= 11 is 0. The quantitative estimate of drug-likeness (QED) is 0.200. The number of aliphatic hydroxyl groups excluding tert-OH is 7. The van der Waals surface area contributed by atoms with E-state index in [9.17, 15) is 35.7 Å². The molecule has 0 amide bonds. The number of hydrogen-bond acceptors (Lipinski definition) is 13. The predicted octanol–water partition coefficient (Wildman–Crippen LogP) is 1.36. The van der Waals surface area contributed by atoms with E-state index in [1.807, 2.05) is 0 Å². The van der Waals surface area contributed by atoms with Crippen LogP contribution in [0.25, 0.3) is 0 Å². The fourth-order valence-electron chi connectivity index (χ4n) is 12.6. The molecule has 4 aliphatic heterocycles. The van der Waals surface area contributed by atoms with Gasteiger partial charge in [0.15, 0.2) is 18.4 Å². The zero-order valence-corrected chi connectivity index (χ0v) is 31.2. The summed E-state index contributed by atoms with van der Waals surface area (Å²) in [6.45, 7) is 11.1. The molecule has 13 nitrogen and oxygen atoms in total. The van der Waals surface area contributed by atoms with Gasteiger partial charge in [-0.15, -0.1) is 0 Å². The Morgan fingerprint density at radius 2 is 1.54 bits per heavy atom. The van der Waals surface area contributed by atoms with Crippen LogP contribution in [0, 0.1) is 46.3 Å². The molecule has 1 spiro atoms. The second kappa shape index (κ2) is 13.7. The lowest BCUT2D eigenvalue weighted by atomic mass is 9.46. The van der Waals surface area contributed by atoms with Crippen LogP contribution in [-0.2, 0) is 28.4 Å². The Bertz CT molecular complexity index is 1340. The Morgan fingerprint density at radius 3 is 2.25 bits per heavy atom. The van der Waals surface area contributed by atoms with Crippen molar-refractivity contribution >= 4 is 0 Å². The smallest absolute Gasteiger partial charge is 0.187 e. The summed E-state index contributed by atoms with van der Waals surface area (Å²) in [5, 5.41) is 75.0. The maximum Gasteiger partial charge on any atom is 0.187 e. The fourth-order valence-corrected chi connectivity index (χ4v) is 12.6. The van der Waals surface area contributed by atoms with Crippen LogP contribution in [0.5, 0.6) is 0 Å². The number of hydrogen-bond donors (Lipinski definition) is 7. The molecule has 0 radical (unpaired) electrons. The molecule has 0 aromatic carbocycles. The number of fused-ring (bicyclic) bond motifs is 7. The minimum Gasteiger partial charge on any atom is -0.394 e. The topological polar surface area (TPSA) is 197 Å². The first-order valence-electron chi connectivity index (χ1n) is 20.0. The van der Waals surface area contributed by atoms with Crippen LogP contribution in [0.15, 0.2) is 11.6 Å². The standard InChI is InChI=1S/C39H62O13/c1-17-6-11-39(47-16-17)18(2)28-25(52-39)14-23-27-22(8-10-38(23,28)5)37(4)9-7-21(12-20(37)13-24(27)41)49-36-33(46)31(44)34(26(15-40)50-36)51-35-32(45)30(43)29(42)19(3)48-35/h13,17-19,21-36,40-46H,6-12,14-16H2,1-5H3. The van der Waals surface area contributed by atoms with Gasteiger partial charge in [-0.3, -0.25) is 0 Å². The van der Waals surface area contributed by atoms with Gasteiger partial charge in [-0.05, 0) is 92.3 Å². The third-order valence-corrected chi connectivity index (χ3v) is 15.6. The van der Waals surface area contributed by atoms with Crippen molar-refractivity contribution in [3.63, 3.8) is 0 Å². The van der Waals surface area contributed by atoms with Gasteiger partial charge in [-0.2, -0.15) is 0 Å². The molecule has 7 N–H and O–H groups in total. The van der Waals surface area contributed by atoms with Crippen molar-refractivity contribution in [2.75, 3.05) is 13.2 Å². The highest BCUT2D eigenvalue weighted by molar-refractivity contribution is 5.29. The maximum absolute atomic E-state index is 11.9. The van der Waals surface area contributed by atoms with Crippen molar-refractivity contribution in [3.05, 3.63) is 11.6 Å². The molecule has 13 heteroatoms.